The van der Waals surface area contributed by atoms with Crippen molar-refractivity contribution in [3.63, 3.8) is 0 Å². The molecule has 4 nitrogen and oxygen atoms in total. The minimum atomic E-state index is -0.379. The molecule has 0 spiro atoms. The number of nitrogens with one attached hydrogen (secondary N) is 1. The largest absolute Gasteiger partial charge is 0.261 e. The van der Waals surface area contributed by atoms with Crippen molar-refractivity contribution in [3.8, 4) is 11.3 Å². The quantitative estimate of drug-likeness (QED) is 0.695. The van der Waals surface area contributed by atoms with Gasteiger partial charge in [0, 0.05) is 10.0 Å². The molecule has 0 radical (unpaired) electrons. The first-order valence-corrected chi connectivity index (χ1v) is 6.14. The molecule has 0 bridgehead atoms. The predicted molar refractivity (Wildman–Crippen MR) is 69.8 cm³/mol. The van der Waals surface area contributed by atoms with Crippen molar-refractivity contribution in [2.24, 2.45) is 0 Å². The first-order valence-electron chi connectivity index (χ1n) is 4.97. The highest BCUT2D eigenvalue weighted by Gasteiger charge is 2.14. The van der Waals surface area contributed by atoms with Crippen molar-refractivity contribution >= 4 is 38.6 Å². The number of aromatic nitrogens is 4. The van der Waals surface area contributed by atoms with E-state index in [4.69, 9.17) is 11.6 Å². The summed E-state index contributed by atoms with van der Waals surface area (Å²) in [6.07, 6.45) is 1.54. The number of fused-ring (bicyclic) bond motifs is 1. The van der Waals surface area contributed by atoms with E-state index in [9.17, 15) is 4.39 Å². The van der Waals surface area contributed by atoms with Crippen LogP contribution >= 0.6 is 27.5 Å². The van der Waals surface area contributed by atoms with Crippen LogP contribution in [0.15, 0.2) is 28.9 Å². The minimum absolute atomic E-state index is 0.0427. The molecule has 0 saturated carbocycles. The van der Waals surface area contributed by atoms with E-state index in [1.54, 1.807) is 18.3 Å². The van der Waals surface area contributed by atoms with E-state index in [-0.39, 0.29) is 11.1 Å². The summed E-state index contributed by atoms with van der Waals surface area (Å²) in [5.41, 5.74) is 1.24. The van der Waals surface area contributed by atoms with Gasteiger partial charge in [0.15, 0.2) is 5.65 Å². The van der Waals surface area contributed by atoms with E-state index >= 15 is 0 Å². The monoisotopic (exact) mass is 326 g/mol. The highest BCUT2D eigenvalue weighted by Crippen LogP contribution is 2.30. The van der Waals surface area contributed by atoms with Crippen LogP contribution in [0.3, 0.4) is 0 Å². The molecule has 2 heterocycles. The summed E-state index contributed by atoms with van der Waals surface area (Å²) in [5.74, 6) is -0.379. The summed E-state index contributed by atoms with van der Waals surface area (Å²) in [5, 5.41) is 7.21. The van der Waals surface area contributed by atoms with Crippen LogP contribution in [0.5, 0.6) is 0 Å². The van der Waals surface area contributed by atoms with Crippen molar-refractivity contribution in [2.75, 3.05) is 0 Å². The van der Waals surface area contributed by atoms with Gasteiger partial charge in [0.1, 0.15) is 5.82 Å². The van der Waals surface area contributed by atoms with Gasteiger partial charge < -0.3 is 0 Å². The number of benzene rings is 1. The van der Waals surface area contributed by atoms with E-state index < -0.39 is 0 Å². The molecule has 1 N–H and O–H groups in total. The van der Waals surface area contributed by atoms with Crippen LogP contribution in [0, 0.1) is 5.82 Å². The van der Waals surface area contributed by atoms with Gasteiger partial charge in [-0.25, -0.2) is 9.37 Å². The molecule has 1 aromatic carbocycles. The standard InChI is InChI=1S/C11H5BrClFN4/c12-5-1-2-8(14)6(3-5)9-7-4-15-18-10(7)17-11(13)16-9/h1-4H,(H,15,16,17,18). The maximum absolute atomic E-state index is 13.9. The summed E-state index contributed by atoms with van der Waals surface area (Å²) in [7, 11) is 0. The lowest BCUT2D eigenvalue weighted by atomic mass is 10.1. The average Bonchev–Trinajstić information content (AvgIpc) is 2.79. The van der Waals surface area contributed by atoms with Crippen LogP contribution in [0.4, 0.5) is 4.39 Å². The Balaban J connectivity index is 2.37. The van der Waals surface area contributed by atoms with E-state index in [1.165, 1.54) is 6.07 Å². The fourth-order valence-electron chi connectivity index (χ4n) is 1.69. The fourth-order valence-corrected chi connectivity index (χ4v) is 2.22. The first-order chi connectivity index (χ1) is 8.65. The average molecular weight is 328 g/mol. The predicted octanol–water partition coefficient (Wildman–Crippen LogP) is 3.57. The fraction of sp³-hybridized carbons (Fsp3) is 0. The lowest BCUT2D eigenvalue weighted by Crippen LogP contribution is -1.92. The Morgan fingerprint density at radius 2 is 2.11 bits per heavy atom. The van der Waals surface area contributed by atoms with Crippen molar-refractivity contribution in [1.29, 1.82) is 0 Å². The van der Waals surface area contributed by atoms with Crippen LogP contribution in [0.1, 0.15) is 0 Å². The second-order valence-electron chi connectivity index (χ2n) is 3.60. The van der Waals surface area contributed by atoms with Gasteiger partial charge in [-0.15, -0.1) is 0 Å². The van der Waals surface area contributed by atoms with Crippen LogP contribution in [0.25, 0.3) is 22.3 Å². The lowest BCUT2D eigenvalue weighted by molar-refractivity contribution is 0.630. The SMILES string of the molecule is Fc1ccc(Br)cc1-c1nc(Cl)nc2[nH]ncc12. The van der Waals surface area contributed by atoms with E-state index in [0.717, 1.165) is 4.47 Å². The molecule has 7 heteroatoms. The maximum atomic E-state index is 13.9. The molecule has 0 aliphatic rings. The van der Waals surface area contributed by atoms with E-state index in [2.05, 4.69) is 36.1 Å². The van der Waals surface area contributed by atoms with Gasteiger partial charge in [-0.3, -0.25) is 5.10 Å². The summed E-state index contributed by atoms with van der Waals surface area (Å²) in [6.45, 7) is 0. The summed E-state index contributed by atoms with van der Waals surface area (Å²) < 4.78 is 14.6. The zero-order chi connectivity index (χ0) is 12.7. The molecular formula is C11H5BrClFN4. The first kappa shape index (κ1) is 11.6. The second kappa shape index (κ2) is 4.29. The number of halogens is 3. The van der Waals surface area contributed by atoms with Gasteiger partial charge in [-0.1, -0.05) is 15.9 Å². The Hall–Kier alpha value is -1.53. The molecule has 0 fully saturated rings. The van der Waals surface area contributed by atoms with Gasteiger partial charge in [0.05, 0.1) is 17.3 Å². The van der Waals surface area contributed by atoms with Crippen LogP contribution in [-0.2, 0) is 0 Å². The number of aromatic amines is 1. The maximum Gasteiger partial charge on any atom is 0.224 e. The van der Waals surface area contributed by atoms with Crippen LogP contribution in [0.2, 0.25) is 5.28 Å². The number of hydrogen-bond donors (Lipinski definition) is 1. The Bertz CT molecular complexity index is 743. The highest BCUT2D eigenvalue weighted by molar-refractivity contribution is 9.10. The summed E-state index contributed by atoms with van der Waals surface area (Å²) >= 11 is 9.12. The third-order valence-corrected chi connectivity index (χ3v) is 3.13. The highest BCUT2D eigenvalue weighted by atomic mass is 79.9. The summed E-state index contributed by atoms with van der Waals surface area (Å²) in [4.78, 5) is 8.06. The third kappa shape index (κ3) is 1.87. The van der Waals surface area contributed by atoms with Gasteiger partial charge in [0.25, 0.3) is 0 Å². The van der Waals surface area contributed by atoms with Crippen molar-refractivity contribution in [1.82, 2.24) is 20.2 Å². The molecule has 18 heavy (non-hydrogen) atoms. The summed E-state index contributed by atoms with van der Waals surface area (Å²) in [6, 6.07) is 4.62. The van der Waals surface area contributed by atoms with E-state index in [0.29, 0.717) is 22.3 Å². The van der Waals surface area contributed by atoms with Crippen LogP contribution in [-0.4, -0.2) is 20.2 Å². The molecule has 3 rings (SSSR count). The molecule has 90 valence electrons. The molecule has 0 amide bonds. The van der Waals surface area contributed by atoms with Crippen molar-refractivity contribution < 1.29 is 4.39 Å². The smallest absolute Gasteiger partial charge is 0.224 e. The van der Waals surface area contributed by atoms with Gasteiger partial charge in [0.2, 0.25) is 5.28 Å². The van der Waals surface area contributed by atoms with Crippen LogP contribution < -0.4 is 0 Å². The Morgan fingerprint density at radius 3 is 2.94 bits per heavy atom. The third-order valence-electron chi connectivity index (χ3n) is 2.47. The molecular weight excluding hydrogens is 323 g/mol. The van der Waals surface area contributed by atoms with Gasteiger partial charge in [-0.2, -0.15) is 10.1 Å². The molecule has 2 aromatic heterocycles. The van der Waals surface area contributed by atoms with Crippen molar-refractivity contribution in [2.45, 2.75) is 0 Å². The normalized spacial score (nSPS) is 11.1. The topological polar surface area (TPSA) is 54.5 Å². The second-order valence-corrected chi connectivity index (χ2v) is 4.85. The zero-order valence-corrected chi connectivity index (χ0v) is 11.1. The minimum Gasteiger partial charge on any atom is -0.261 e. The molecule has 0 unspecified atom stereocenters. The van der Waals surface area contributed by atoms with E-state index in [1.807, 2.05) is 0 Å². The molecule has 0 saturated heterocycles. The lowest BCUT2D eigenvalue weighted by Gasteiger charge is -2.05. The number of H-pyrrole nitrogens is 1. The number of hydrogen-bond acceptors (Lipinski definition) is 3. The number of nitrogens with zero attached hydrogens (tertiary/aromatic N) is 3. The Kier molecular flexibility index (Phi) is 2.76. The van der Waals surface area contributed by atoms with Gasteiger partial charge >= 0.3 is 0 Å². The van der Waals surface area contributed by atoms with Crippen molar-refractivity contribution in [3.05, 3.63) is 40.0 Å². The molecule has 0 aliphatic carbocycles. The Labute approximate surface area is 114 Å². The van der Waals surface area contributed by atoms with Gasteiger partial charge in [-0.05, 0) is 29.8 Å². The number of rotatable bonds is 1. The zero-order valence-electron chi connectivity index (χ0n) is 8.78. The molecule has 0 aliphatic heterocycles. The Morgan fingerprint density at radius 1 is 1.28 bits per heavy atom. The molecule has 3 aromatic rings. The molecule has 0 atom stereocenters.